The Hall–Kier alpha value is -3.93. The molecule has 4 rings (SSSR count). The Morgan fingerprint density at radius 1 is 1.21 bits per heavy atom. The lowest BCUT2D eigenvalue weighted by molar-refractivity contribution is -0.137. The average molecular weight is 451 g/mol. The minimum absolute atomic E-state index is 0.0839. The summed E-state index contributed by atoms with van der Waals surface area (Å²) < 4.78 is 46.5. The van der Waals surface area contributed by atoms with Crippen molar-refractivity contribution in [2.24, 2.45) is 0 Å². The highest BCUT2D eigenvalue weighted by Crippen LogP contribution is 2.39. The van der Waals surface area contributed by atoms with Crippen LogP contribution in [-0.4, -0.2) is 34.1 Å². The molecule has 1 aliphatic heterocycles. The molecule has 0 aliphatic carbocycles. The number of aromatic nitrogens is 3. The zero-order valence-electron chi connectivity index (χ0n) is 18.0. The Labute approximate surface area is 189 Å². The summed E-state index contributed by atoms with van der Waals surface area (Å²) in [5, 5.41) is 9.68. The van der Waals surface area contributed by atoms with Crippen LogP contribution < -0.4 is 4.90 Å². The molecular weight excluding hydrogens is 431 g/mol. The Bertz CT molecular complexity index is 1270. The number of halogens is 3. The van der Waals surface area contributed by atoms with Gasteiger partial charge in [-0.25, -0.2) is 9.97 Å². The summed E-state index contributed by atoms with van der Waals surface area (Å²) in [5.74, 6) is 0.863. The summed E-state index contributed by atoms with van der Waals surface area (Å²) in [4.78, 5) is 15.2. The molecule has 9 heteroatoms. The molecule has 168 valence electrons. The van der Waals surface area contributed by atoms with Gasteiger partial charge in [0.15, 0.2) is 0 Å². The van der Waals surface area contributed by atoms with Gasteiger partial charge in [0.05, 0.1) is 29.9 Å². The van der Waals surface area contributed by atoms with Crippen molar-refractivity contribution in [1.82, 2.24) is 15.0 Å². The standard InChI is InChI=1S/C24H20F3N5O/c1-14-9-17(7-8-29-14)20-11-30-23(32-12-15(2)33-16(3)13-32)31-22(20)18-5-4-6-21(19(18)10-28)24(25,26)27/h4-9,11,16H,2,12-13H2,1,3H3/t16-/m0/s1. The Morgan fingerprint density at radius 2 is 2.00 bits per heavy atom. The van der Waals surface area contributed by atoms with Gasteiger partial charge in [0.2, 0.25) is 5.95 Å². The molecule has 1 saturated heterocycles. The third-order valence-corrected chi connectivity index (χ3v) is 5.22. The smallest absolute Gasteiger partial charge is 0.417 e. The van der Waals surface area contributed by atoms with Gasteiger partial charge in [-0.05, 0) is 37.6 Å². The number of alkyl halides is 3. The lowest BCUT2D eigenvalue weighted by Crippen LogP contribution is -2.40. The van der Waals surface area contributed by atoms with E-state index in [-0.39, 0.29) is 17.4 Å². The van der Waals surface area contributed by atoms with Crippen molar-refractivity contribution < 1.29 is 17.9 Å². The van der Waals surface area contributed by atoms with Gasteiger partial charge in [0.25, 0.3) is 0 Å². The number of ether oxygens (including phenoxy) is 1. The molecule has 1 fully saturated rings. The minimum atomic E-state index is -4.68. The quantitative estimate of drug-likeness (QED) is 0.549. The van der Waals surface area contributed by atoms with E-state index in [4.69, 9.17) is 4.74 Å². The predicted molar refractivity (Wildman–Crippen MR) is 117 cm³/mol. The van der Waals surface area contributed by atoms with E-state index in [0.29, 0.717) is 35.9 Å². The Balaban J connectivity index is 1.95. The topological polar surface area (TPSA) is 74.9 Å². The van der Waals surface area contributed by atoms with Crippen LogP contribution in [0.15, 0.2) is 55.1 Å². The van der Waals surface area contributed by atoms with Crippen LogP contribution in [0, 0.1) is 18.3 Å². The maximum Gasteiger partial charge on any atom is 0.417 e. The lowest BCUT2D eigenvalue weighted by Gasteiger charge is -2.33. The molecule has 0 bridgehead atoms. The molecule has 1 aliphatic rings. The number of hydrogen-bond donors (Lipinski definition) is 0. The highest BCUT2D eigenvalue weighted by molar-refractivity contribution is 5.84. The predicted octanol–water partition coefficient (Wildman–Crippen LogP) is 5.14. The Morgan fingerprint density at radius 3 is 2.67 bits per heavy atom. The summed E-state index contributed by atoms with van der Waals surface area (Å²) in [7, 11) is 0. The summed E-state index contributed by atoms with van der Waals surface area (Å²) in [6.07, 6.45) is -1.66. The monoisotopic (exact) mass is 451 g/mol. The van der Waals surface area contributed by atoms with E-state index in [1.54, 1.807) is 30.6 Å². The fraction of sp³-hybridized carbons (Fsp3) is 0.250. The number of rotatable bonds is 3. The van der Waals surface area contributed by atoms with E-state index in [0.717, 1.165) is 11.8 Å². The van der Waals surface area contributed by atoms with E-state index in [1.165, 1.54) is 12.1 Å². The van der Waals surface area contributed by atoms with Crippen molar-refractivity contribution >= 4 is 5.95 Å². The number of pyridine rings is 1. The molecule has 33 heavy (non-hydrogen) atoms. The summed E-state index contributed by atoms with van der Waals surface area (Å²) in [5.41, 5.74) is 0.739. The molecule has 3 heterocycles. The second-order valence-electron chi connectivity index (χ2n) is 7.80. The molecular formula is C24H20F3N5O. The molecule has 2 aromatic heterocycles. The van der Waals surface area contributed by atoms with E-state index < -0.39 is 17.3 Å². The molecule has 0 unspecified atom stereocenters. The molecule has 0 radical (unpaired) electrons. The SMILES string of the molecule is C=C1CN(c2ncc(-c3ccnc(C)c3)c(-c3cccc(C(F)(F)F)c3C#N)n2)C[C@H](C)O1. The number of hydrogen-bond acceptors (Lipinski definition) is 6. The molecule has 6 nitrogen and oxygen atoms in total. The van der Waals surface area contributed by atoms with Crippen LogP contribution >= 0.6 is 0 Å². The number of benzene rings is 1. The maximum absolute atomic E-state index is 13.6. The van der Waals surface area contributed by atoms with Crippen molar-refractivity contribution in [2.75, 3.05) is 18.0 Å². The Kier molecular flexibility index (Phi) is 5.77. The summed E-state index contributed by atoms with van der Waals surface area (Å²) in [6, 6.07) is 8.90. The molecule has 0 saturated carbocycles. The number of anilines is 1. The first kappa shape index (κ1) is 22.3. The van der Waals surface area contributed by atoms with Crippen LogP contribution in [0.4, 0.5) is 19.1 Å². The fourth-order valence-corrected chi connectivity index (χ4v) is 3.86. The maximum atomic E-state index is 13.6. The lowest BCUT2D eigenvalue weighted by atomic mass is 9.94. The van der Waals surface area contributed by atoms with Gasteiger partial charge in [0, 0.05) is 29.2 Å². The van der Waals surface area contributed by atoms with E-state index in [9.17, 15) is 18.4 Å². The van der Waals surface area contributed by atoms with Crippen LogP contribution in [0.5, 0.6) is 0 Å². The van der Waals surface area contributed by atoms with Gasteiger partial charge < -0.3 is 9.64 Å². The minimum Gasteiger partial charge on any atom is -0.492 e. The number of nitrogens with zero attached hydrogens (tertiary/aromatic N) is 5. The molecule has 0 N–H and O–H groups in total. The van der Waals surface area contributed by atoms with Crippen molar-refractivity contribution in [3.63, 3.8) is 0 Å². The van der Waals surface area contributed by atoms with Gasteiger partial charge in [-0.2, -0.15) is 18.4 Å². The van der Waals surface area contributed by atoms with Crippen LogP contribution in [0.3, 0.4) is 0 Å². The van der Waals surface area contributed by atoms with Gasteiger partial charge in [0.1, 0.15) is 17.9 Å². The van der Waals surface area contributed by atoms with Crippen LogP contribution in [0.1, 0.15) is 23.7 Å². The van der Waals surface area contributed by atoms with Gasteiger partial charge in [-0.3, -0.25) is 4.98 Å². The average Bonchev–Trinajstić information content (AvgIpc) is 2.77. The van der Waals surface area contributed by atoms with E-state index >= 15 is 0 Å². The van der Waals surface area contributed by atoms with Crippen LogP contribution in [0.25, 0.3) is 22.4 Å². The third-order valence-electron chi connectivity index (χ3n) is 5.22. The van der Waals surface area contributed by atoms with E-state index in [2.05, 4.69) is 21.5 Å². The van der Waals surface area contributed by atoms with E-state index in [1.807, 2.05) is 18.7 Å². The molecule has 1 atom stereocenters. The zero-order valence-corrected chi connectivity index (χ0v) is 18.0. The molecule has 3 aromatic rings. The fourth-order valence-electron chi connectivity index (χ4n) is 3.86. The van der Waals surface area contributed by atoms with Gasteiger partial charge in [-0.1, -0.05) is 18.7 Å². The van der Waals surface area contributed by atoms with Crippen LogP contribution in [0.2, 0.25) is 0 Å². The number of aryl methyl sites for hydroxylation is 1. The molecule has 1 aromatic carbocycles. The summed E-state index contributed by atoms with van der Waals surface area (Å²) >= 11 is 0. The normalized spacial score (nSPS) is 16.3. The highest BCUT2D eigenvalue weighted by atomic mass is 19.4. The van der Waals surface area contributed by atoms with Gasteiger partial charge >= 0.3 is 6.18 Å². The van der Waals surface area contributed by atoms with Crippen molar-refractivity contribution in [2.45, 2.75) is 26.1 Å². The third kappa shape index (κ3) is 4.51. The number of morpholine rings is 1. The van der Waals surface area contributed by atoms with Crippen LogP contribution in [-0.2, 0) is 10.9 Å². The summed E-state index contributed by atoms with van der Waals surface area (Å²) in [6.45, 7) is 8.40. The van der Waals surface area contributed by atoms with Gasteiger partial charge in [-0.15, -0.1) is 0 Å². The number of nitriles is 1. The van der Waals surface area contributed by atoms with Crippen molar-refractivity contribution in [1.29, 1.82) is 5.26 Å². The zero-order chi connectivity index (χ0) is 23.8. The molecule has 0 amide bonds. The highest BCUT2D eigenvalue weighted by Gasteiger charge is 2.35. The first-order valence-corrected chi connectivity index (χ1v) is 10.2. The first-order chi connectivity index (χ1) is 15.7. The largest absolute Gasteiger partial charge is 0.492 e. The second-order valence-corrected chi connectivity index (χ2v) is 7.80. The first-order valence-electron chi connectivity index (χ1n) is 10.2. The van der Waals surface area contributed by atoms with Crippen molar-refractivity contribution in [3.05, 3.63) is 71.9 Å². The second kappa shape index (κ2) is 8.54. The van der Waals surface area contributed by atoms with Crippen molar-refractivity contribution in [3.8, 4) is 28.5 Å². The molecule has 0 spiro atoms.